The molecule has 0 aliphatic carbocycles. The van der Waals surface area contributed by atoms with Gasteiger partial charge in [-0.05, 0) is 48.0 Å². The average Bonchev–Trinajstić information content (AvgIpc) is 2.55. The summed E-state index contributed by atoms with van der Waals surface area (Å²) in [6, 6.07) is 11.9. The van der Waals surface area contributed by atoms with E-state index in [0.29, 0.717) is 23.4 Å². The molecule has 0 bridgehead atoms. The molecule has 3 rings (SSSR count). The van der Waals surface area contributed by atoms with Crippen LogP contribution in [0, 0.1) is 0 Å². The highest BCUT2D eigenvalue weighted by Crippen LogP contribution is 2.25. The Kier molecular flexibility index (Phi) is 4.85. The summed E-state index contributed by atoms with van der Waals surface area (Å²) in [6.07, 6.45) is -0.569. The predicted molar refractivity (Wildman–Crippen MR) is 96.4 cm³/mol. The van der Waals surface area contributed by atoms with Gasteiger partial charge >= 0.3 is 5.97 Å². The van der Waals surface area contributed by atoms with Crippen molar-refractivity contribution in [2.75, 3.05) is 10.6 Å². The Bertz CT molecular complexity index is 849. The van der Waals surface area contributed by atoms with Crippen LogP contribution in [0.2, 0.25) is 0 Å². The smallest absolute Gasteiger partial charge is 0.339 e. The molecule has 1 heterocycles. The highest BCUT2D eigenvalue weighted by Gasteiger charge is 2.31. The molecule has 2 aromatic rings. The normalized spacial score (nSPS) is 15.8. The van der Waals surface area contributed by atoms with Crippen LogP contribution >= 0.6 is 15.9 Å². The fraction of sp³-hybridized carbons (Fsp3) is 0.167. The zero-order valence-corrected chi connectivity index (χ0v) is 14.9. The first-order valence-electron chi connectivity index (χ1n) is 7.60. The quantitative estimate of drug-likeness (QED) is 0.772. The molecule has 0 aromatic heterocycles. The van der Waals surface area contributed by atoms with Crippen LogP contribution < -0.4 is 10.6 Å². The summed E-state index contributed by atoms with van der Waals surface area (Å²) in [5.41, 5.74) is 2.43. The van der Waals surface area contributed by atoms with Crippen molar-refractivity contribution in [2.24, 2.45) is 0 Å². The van der Waals surface area contributed by atoms with E-state index in [1.165, 1.54) is 6.92 Å². The second-order valence-electron chi connectivity index (χ2n) is 5.65. The number of nitrogens with one attached hydrogen (secondary N) is 2. The number of halogens is 1. The summed E-state index contributed by atoms with van der Waals surface area (Å²) in [7, 11) is 0. The van der Waals surface area contributed by atoms with Gasteiger partial charge in [0.1, 0.15) is 0 Å². The number of carbonyl (C=O) groups excluding carboxylic acids is 3. The van der Waals surface area contributed by atoms with E-state index in [0.717, 1.165) is 10.0 Å². The molecule has 2 N–H and O–H groups in total. The number of benzene rings is 2. The van der Waals surface area contributed by atoms with Gasteiger partial charge in [-0.25, -0.2) is 4.79 Å². The van der Waals surface area contributed by atoms with Gasteiger partial charge in [-0.2, -0.15) is 0 Å². The maximum atomic E-state index is 12.4. The van der Waals surface area contributed by atoms with E-state index >= 15 is 0 Å². The molecule has 0 fully saturated rings. The van der Waals surface area contributed by atoms with E-state index in [4.69, 9.17) is 4.74 Å². The SMILES string of the molecule is CC(=O)Nc1ccc(NC(=O)C2Cc3cc(Br)ccc3C(=O)O2)cc1. The molecule has 0 saturated carbocycles. The standard InChI is InChI=1S/C18H15BrN2O4/c1-10(22)20-13-3-5-14(6-4-13)21-17(23)16-9-11-8-12(19)2-7-15(11)18(24)25-16/h2-8,16H,9H2,1H3,(H,20,22)(H,21,23). The fourth-order valence-electron chi connectivity index (χ4n) is 2.57. The number of rotatable bonds is 3. The van der Waals surface area contributed by atoms with Crippen LogP contribution in [0.4, 0.5) is 11.4 Å². The molecule has 128 valence electrons. The van der Waals surface area contributed by atoms with Gasteiger partial charge in [0.05, 0.1) is 5.56 Å². The molecule has 0 saturated heterocycles. The molecule has 7 heteroatoms. The minimum atomic E-state index is -0.885. The first-order valence-corrected chi connectivity index (χ1v) is 8.39. The summed E-state index contributed by atoms with van der Waals surface area (Å²) >= 11 is 3.36. The maximum absolute atomic E-state index is 12.4. The molecule has 1 aliphatic rings. The lowest BCUT2D eigenvalue weighted by Gasteiger charge is -2.24. The zero-order valence-electron chi connectivity index (χ0n) is 13.3. The zero-order chi connectivity index (χ0) is 18.0. The largest absolute Gasteiger partial charge is 0.448 e. The molecule has 25 heavy (non-hydrogen) atoms. The number of ether oxygens (including phenoxy) is 1. The Morgan fingerprint density at radius 3 is 2.36 bits per heavy atom. The third-order valence-electron chi connectivity index (χ3n) is 3.71. The van der Waals surface area contributed by atoms with Gasteiger partial charge in [-0.3, -0.25) is 9.59 Å². The fourth-order valence-corrected chi connectivity index (χ4v) is 2.98. The average molecular weight is 403 g/mol. The van der Waals surface area contributed by atoms with Crippen LogP contribution in [-0.4, -0.2) is 23.9 Å². The third-order valence-corrected chi connectivity index (χ3v) is 4.20. The topological polar surface area (TPSA) is 84.5 Å². The van der Waals surface area contributed by atoms with Gasteiger partial charge in [0.25, 0.3) is 5.91 Å². The lowest BCUT2D eigenvalue weighted by molar-refractivity contribution is -0.125. The Morgan fingerprint density at radius 2 is 1.72 bits per heavy atom. The van der Waals surface area contributed by atoms with Gasteiger partial charge in [0, 0.05) is 29.2 Å². The summed E-state index contributed by atoms with van der Waals surface area (Å²) in [5, 5.41) is 5.36. The van der Waals surface area contributed by atoms with Crippen molar-refractivity contribution in [3.8, 4) is 0 Å². The number of esters is 1. The number of amides is 2. The third kappa shape index (κ3) is 4.06. The first-order chi connectivity index (χ1) is 11.9. The molecule has 1 aliphatic heterocycles. The van der Waals surface area contributed by atoms with Crippen LogP contribution in [0.1, 0.15) is 22.8 Å². The molecule has 2 amide bonds. The predicted octanol–water partition coefficient (Wildman–Crippen LogP) is 3.13. The van der Waals surface area contributed by atoms with Gasteiger partial charge in [0.15, 0.2) is 6.10 Å². The number of cyclic esters (lactones) is 1. The summed E-state index contributed by atoms with van der Waals surface area (Å²) in [4.78, 5) is 35.5. The molecule has 6 nitrogen and oxygen atoms in total. The van der Waals surface area contributed by atoms with Crippen LogP contribution in [0.3, 0.4) is 0 Å². The van der Waals surface area contributed by atoms with Crippen LogP contribution in [0.25, 0.3) is 0 Å². The van der Waals surface area contributed by atoms with E-state index in [2.05, 4.69) is 26.6 Å². The van der Waals surface area contributed by atoms with Crippen LogP contribution in [-0.2, 0) is 20.7 Å². The minimum absolute atomic E-state index is 0.171. The van der Waals surface area contributed by atoms with Crippen molar-refractivity contribution in [2.45, 2.75) is 19.4 Å². The van der Waals surface area contributed by atoms with E-state index in [9.17, 15) is 14.4 Å². The molecule has 2 aromatic carbocycles. The van der Waals surface area contributed by atoms with E-state index in [1.54, 1.807) is 36.4 Å². The van der Waals surface area contributed by atoms with Gasteiger partial charge < -0.3 is 15.4 Å². The highest BCUT2D eigenvalue weighted by atomic mass is 79.9. The Labute approximate surface area is 152 Å². The Balaban J connectivity index is 1.69. The van der Waals surface area contributed by atoms with E-state index in [1.807, 2.05) is 6.07 Å². The number of fused-ring (bicyclic) bond motifs is 1. The van der Waals surface area contributed by atoms with Crippen molar-refractivity contribution in [3.05, 3.63) is 58.1 Å². The van der Waals surface area contributed by atoms with Crippen molar-refractivity contribution in [1.82, 2.24) is 0 Å². The molecule has 1 unspecified atom stereocenters. The minimum Gasteiger partial charge on any atom is -0.448 e. The highest BCUT2D eigenvalue weighted by molar-refractivity contribution is 9.10. The van der Waals surface area contributed by atoms with Crippen molar-refractivity contribution < 1.29 is 19.1 Å². The molecular formula is C18H15BrN2O4. The van der Waals surface area contributed by atoms with Gasteiger partial charge in [-0.1, -0.05) is 15.9 Å². The van der Waals surface area contributed by atoms with E-state index < -0.39 is 18.0 Å². The van der Waals surface area contributed by atoms with Crippen molar-refractivity contribution in [3.63, 3.8) is 0 Å². The summed E-state index contributed by atoms with van der Waals surface area (Å²) in [6.45, 7) is 1.42. The number of anilines is 2. The molecule has 0 radical (unpaired) electrons. The maximum Gasteiger partial charge on any atom is 0.339 e. The molecule has 1 atom stereocenters. The molecule has 0 spiro atoms. The van der Waals surface area contributed by atoms with Crippen LogP contribution in [0.5, 0.6) is 0 Å². The molecular weight excluding hydrogens is 388 g/mol. The summed E-state index contributed by atoms with van der Waals surface area (Å²) < 4.78 is 6.08. The monoisotopic (exact) mass is 402 g/mol. The van der Waals surface area contributed by atoms with Gasteiger partial charge in [0.2, 0.25) is 5.91 Å². The van der Waals surface area contributed by atoms with E-state index in [-0.39, 0.29) is 5.91 Å². The summed E-state index contributed by atoms with van der Waals surface area (Å²) in [5.74, 6) is -1.07. The lowest BCUT2D eigenvalue weighted by Crippen LogP contribution is -2.38. The number of hydrogen-bond acceptors (Lipinski definition) is 4. The Hall–Kier alpha value is -2.67. The number of hydrogen-bond donors (Lipinski definition) is 2. The van der Waals surface area contributed by atoms with Crippen molar-refractivity contribution >= 4 is 45.1 Å². The first kappa shape index (κ1) is 17.2. The van der Waals surface area contributed by atoms with Gasteiger partial charge in [-0.15, -0.1) is 0 Å². The second-order valence-corrected chi connectivity index (χ2v) is 6.56. The second kappa shape index (κ2) is 7.06. The number of carbonyl (C=O) groups is 3. The van der Waals surface area contributed by atoms with Crippen LogP contribution in [0.15, 0.2) is 46.9 Å². The lowest BCUT2D eigenvalue weighted by atomic mass is 9.98. The van der Waals surface area contributed by atoms with Crippen molar-refractivity contribution in [1.29, 1.82) is 0 Å². The Morgan fingerprint density at radius 1 is 1.08 bits per heavy atom.